The quantitative estimate of drug-likeness (QED) is 0.492. The zero-order valence-electron chi connectivity index (χ0n) is 17.1. The van der Waals surface area contributed by atoms with Crippen molar-refractivity contribution in [2.45, 2.75) is 19.4 Å². The van der Waals surface area contributed by atoms with E-state index in [9.17, 15) is 15.3 Å². The summed E-state index contributed by atoms with van der Waals surface area (Å²) in [5.74, 6) is -0.525. The molecule has 0 amide bonds. The van der Waals surface area contributed by atoms with Crippen LogP contribution in [-0.4, -0.2) is 11.6 Å². The summed E-state index contributed by atoms with van der Waals surface area (Å²) in [7, 11) is 0. The molecule has 2 N–H and O–H groups in total. The van der Waals surface area contributed by atoms with Gasteiger partial charge < -0.3 is 10.5 Å². The number of carbonyl (C=O) groups excluding carboxylic acids is 1. The van der Waals surface area contributed by atoms with Crippen LogP contribution in [0.15, 0.2) is 66.7 Å². The van der Waals surface area contributed by atoms with E-state index in [0.717, 1.165) is 11.1 Å². The number of cyclic esters (lactones) is 1. The molecule has 0 saturated carbocycles. The second-order valence-corrected chi connectivity index (χ2v) is 7.74. The van der Waals surface area contributed by atoms with Crippen molar-refractivity contribution >= 4 is 22.8 Å². The third-order valence-corrected chi connectivity index (χ3v) is 5.41. The first-order valence-electron chi connectivity index (χ1n) is 9.75. The summed E-state index contributed by atoms with van der Waals surface area (Å²) in [4.78, 5) is 13.1. The molecule has 4 rings (SSSR count). The Labute approximate surface area is 180 Å². The Morgan fingerprint density at radius 1 is 0.839 bits per heavy atom. The number of carbonyl (C=O) groups is 1. The van der Waals surface area contributed by atoms with Crippen LogP contribution in [0.4, 0.5) is 5.69 Å². The van der Waals surface area contributed by atoms with E-state index < -0.39 is 11.6 Å². The number of rotatable bonds is 3. The highest BCUT2D eigenvalue weighted by atomic mass is 16.6. The molecule has 0 radical (unpaired) electrons. The third kappa shape index (κ3) is 3.23. The van der Waals surface area contributed by atoms with Gasteiger partial charge in [-0.2, -0.15) is 10.5 Å². The van der Waals surface area contributed by atoms with Gasteiger partial charge in [0.15, 0.2) is 0 Å². The van der Waals surface area contributed by atoms with Crippen molar-refractivity contribution in [3.8, 4) is 23.3 Å². The number of anilines is 1. The molecule has 3 aromatic rings. The monoisotopic (exact) mass is 405 g/mol. The molecule has 0 unspecified atom stereocenters. The van der Waals surface area contributed by atoms with Crippen LogP contribution in [0.5, 0.6) is 0 Å². The Morgan fingerprint density at radius 3 is 1.90 bits per heavy atom. The Kier molecular flexibility index (Phi) is 4.81. The first kappa shape index (κ1) is 19.9. The van der Waals surface area contributed by atoms with E-state index in [1.165, 1.54) is 0 Å². The van der Waals surface area contributed by atoms with Gasteiger partial charge in [-0.25, -0.2) is 4.79 Å². The van der Waals surface area contributed by atoms with E-state index >= 15 is 0 Å². The molecule has 0 bridgehead atoms. The average Bonchev–Trinajstić information content (AvgIpc) is 3.02. The van der Waals surface area contributed by atoms with Gasteiger partial charge in [0.1, 0.15) is 17.7 Å². The minimum absolute atomic E-state index is 0.0544. The van der Waals surface area contributed by atoms with Crippen LogP contribution in [0.2, 0.25) is 0 Å². The van der Waals surface area contributed by atoms with Crippen molar-refractivity contribution in [3.05, 3.63) is 89.0 Å². The highest BCUT2D eigenvalue weighted by molar-refractivity contribution is 6.29. The van der Waals surface area contributed by atoms with Crippen LogP contribution in [0, 0.1) is 22.7 Å². The van der Waals surface area contributed by atoms with Crippen LogP contribution >= 0.6 is 0 Å². The van der Waals surface area contributed by atoms with Crippen LogP contribution in [-0.2, 0) is 9.53 Å². The van der Waals surface area contributed by atoms with Gasteiger partial charge in [0.2, 0.25) is 0 Å². The minimum Gasteiger partial charge on any atom is -0.451 e. The number of nitrogens with two attached hydrogens (primary N) is 1. The lowest BCUT2D eigenvalue weighted by Gasteiger charge is -2.21. The van der Waals surface area contributed by atoms with E-state index in [1.807, 2.05) is 74.5 Å². The van der Waals surface area contributed by atoms with Crippen molar-refractivity contribution in [3.63, 3.8) is 0 Å². The summed E-state index contributed by atoms with van der Waals surface area (Å²) in [5.41, 5.74) is 9.24. The maximum Gasteiger partial charge on any atom is 0.340 e. The lowest BCUT2D eigenvalue weighted by atomic mass is 9.83. The molecule has 3 aromatic carbocycles. The Morgan fingerprint density at radius 2 is 1.35 bits per heavy atom. The van der Waals surface area contributed by atoms with Crippen molar-refractivity contribution in [2.24, 2.45) is 0 Å². The molecule has 31 heavy (non-hydrogen) atoms. The molecule has 0 spiro atoms. The summed E-state index contributed by atoms with van der Waals surface area (Å²) >= 11 is 0. The molecule has 1 heterocycles. The number of nitrogens with zero attached hydrogens (tertiary/aromatic N) is 2. The summed E-state index contributed by atoms with van der Waals surface area (Å²) < 4.78 is 5.70. The molecular weight excluding hydrogens is 386 g/mol. The number of hydrogen-bond acceptors (Lipinski definition) is 5. The van der Waals surface area contributed by atoms with Crippen molar-refractivity contribution in [2.75, 3.05) is 5.73 Å². The molecule has 0 aliphatic carbocycles. The zero-order valence-corrected chi connectivity index (χ0v) is 17.1. The lowest BCUT2D eigenvalue weighted by molar-refractivity contribution is -0.141. The maximum absolute atomic E-state index is 13.1. The van der Waals surface area contributed by atoms with Crippen molar-refractivity contribution < 1.29 is 9.53 Å². The molecule has 5 heteroatoms. The van der Waals surface area contributed by atoms with E-state index in [2.05, 4.69) is 12.1 Å². The van der Waals surface area contributed by atoms with Gasteiger partial charge in [-0.15, -0.1) is 0 Å². The Balaban J connectivity index is 2.12. The summed E-state index contributed by atoms with van der Waals surface area (Å²) in [6.07, 6.45) is 0. The number of nitrogen functional groups attached to an aromatic ring is 1. The second kappa shape index (κ2) is 7.48. The normalized spacial score (nSPS) is 14.6. The van der Waals surface area contributed by atoms with Gasteiger partial charge >= 0.3 is 5.97 Å². The standard InChI is InChI=1S/C26H19N3O2/c1-26(2)23(17-11-7-4-8-12-17)22(25(30)31-26)19-13-18(16-9-5-3-6-10-16)20(14-27)24(29)21(19)15-28/h3-13H,29H2,1-2H3. The molecule has 0 aromatic heterocycles. The van der Waals surface area contributed by atoms with Gasteiger partial charge in [0, 0.05) is 16.7 Å². The number of benzene rings is 3. The Bertz CT molecular complexity index is 1310. The molecule has 0 saturated heterocycles. The molecular formula is C26H19N3O2. The van der Waals surface area contributed by atoms with E-state index in [-0.39, 0.29) is 16.8 Å². The molecule has 0 atom stereocenters. The summed E-state index contributed by atoms with van der Waals surface area (Å²) in [6.45, 7) is 3.63. The van der Waals surface area contributed by atoms with Gasteiger partial charge in [0.05, 0.1) is 22.4 Å². The van der Waals surface area contributed by atoms with Gasteiger partial charge in [-0.1, -0.05) is 60.7 Å². The van der Waals surface area contributed by atoms with Crippen LogP contribution in [0.1, 0.15) is 36.1 Å². The largest absolute Gasteiger partial charge is 0.451 e. The summed E-state index contributed by atoms with van der Waals surface area (Å²) in [5, 5.41) is 19.7. The zero-order chi connectivity index (χ0) is 22.2. The van der Waals surface area contributed by atoms with Crippen LogP contribution in [0.3, 0.4) is 0 Å². The predicted octanol–water partition coefficient (Wildman–Crippen LogP) is 4.93. The van der Waals surface area contributed by atoms with Crippen LogP contribution < -0.4 is 5.73 Å². The predicted molar refractivity (Wildman–Crippen MR) is 119 cm³/mol. The van der Waals surface area contributed by atoms with E-state index in [0.29, 0.717) is 22.3 Å². The second-order valence-electron chi connectivity index (χ2n) is 7.74. The van der Waals surface area contributed by atoms with E-state index in [1.54, 1.807) is 6.07 Å². The topological polar surface area (TPSA) is 99.9 Å². The first-order valence-corrected chi connectivity index (χ1v) is 9.75. The number of ether oxygens (including phenoxy) is 1. The highest BCUT2D eigenvalue weighted by Crippen LogP contribution is 2.46. The molecule has 1 aliphatic rings. The SMILES string of the molecule is CC1(C)OC(=O)C(c2cc(-c3ccccc3)c(C#N)c(N)c2C#N)=C1c1ccccc1. The van der Waals surface area contributed by atoms with Crippen molar-refractivity contribution in [1.82, 2.24) is 0 Å². The van der Waals surface area contributed by atoms with Gasteiger partial charge in [-0.3, -0.25) is 0 Å². The van der Waals surface area contributed by atoms with Gasteiger partial charge in [0.25, 0.3) is 0 Å². The van der Waals surface area contributed by atoms with E-state index in [4.69, 9.17) is 10.5 Å². The van der Waals surface area contributed by atoms with Gasteiger partial charge in [-0.05, 0) is 31.0 Å². The first-order chi connectivity index (χ1) is 14.9. The van der Waals surface area contributed by atoms with Crippen molar-refractivity contribution in [1.29, 1.82) is 10.5 Å². The lowest BCUT2D eigenvalue weighted by Crippen LogP contribution is -2.22. The Hall–Kier alpha value is -4.35. The maximum atomic E-state index is 13.1. The van der Waals surface area contributed by atoms with Crippen LogP contribution in [0.25, 0.3) is 22.3 Å². The number of nitriles is 2. The number of esters is 1. The smallest absolute Gasteiger partial charge is 0.340 e. The average molecular weight is 405 g/mol. The summed E-state index contributed by atoms with van der Waals surface area (Å²) in [6, 6.07) is 24.7. The fraction of sp³-hybridized carbons (Fsp3) is 0.115. The molecule has 1 aliphatic heterocycles. The highest BCUT2D eigenvalue weighted by Gasteiger charge is 2.42. The fourth-order valence-corrected chi connectivity index (χ4v) is 4.07. The molecule has 5 nitrogen and oxygen atoms in total. The third-order valence-electron chi connectivity index (χ3n) is 5.41. The fourth-order valence-electron chi connectivity index (χ4n) is 4.07. The molecule has 0 fully saturated rings. The number of hydrogen-bond donors (Lipinski definition) is 1. The molecule has 150 valence electrons. The minimum atomic E-state index is -0.893.